The van der Waals surface area contributed by atoms with Crippen molar-refractivity contribution in [3.8, 4) is 0 Å². The Kier molecular flexibility index (Phi) is 3.70. The maximum absolute atomic E-state index is 12.5. The van der Waals surface area contributed by atoms with E-state index in [0.717, 1.165) is 15.7 Å². The van der Waals surface area contributed by atoms with Crippen molar-refractivity contribution in [2.45, 2.75) is 11.3 Å². The van der Waals surface area contributed by atoms with Crippen LogP contribution in [-0.4, -0.2) is 21.4 Å². The average Bonchev–Trinajstić information content (AvgIpc) is 2.73. The van der Waals surface area contributed by atoms with Crippen molar-refractivity contribution in [3.05, 3.63) is 52.5 Å². The molecule has 1 aliphatic heterocycles. The SMILES string of the molecule is CN1C(=O)Cc2cc(S(=O)(=O)Nc3cccc(Br)c3)ccc21. The van der Waals surface area contributed by atoms with Gasteiger partial charge in [-0.2, -0.15) is 0 Å². The quantitative estimate of drug-likeness (QED) is 0.889. The molecule has 0 atom stereocenters. The highest BCUT2D eigenvalue weighted by atomic mass is 79.9. The Hall–Kier alpha value is -1.86. The summed E-state index contributed by atoms with van der Waals surface area (Å²) in [7, 11) is -2.00. The molecular weight excluding hydrogens is 368 g/mol. The standard InChI is InChI=1S/C15H13BrN2O3S/c1-18-14-6-5-13(7-10(14)8-15(18)19)22(20,21)17-12-4-2-3-11(16)9-12/h2-7,9,17H,8H2,1H3. The summed E-state index contributed by atoms with van der Waals surface area (Å²) < 4.78 is 28.2. The van der Waals surface area contributed by atoms with E-state index in [-0.39, 0.29) is 17.2 Å². The largest absolute Gasteiger partial charge is 0.315 e. The van der Waals surface area contributed by atoms with Crippen LogP contribution < -0.4 is 9.62 Å². The Morgan fingerprint density at radius 2 is 1.95 bits per heavy atom. The van der Waals surface area contributed by atoms with Crippen molar-refractivity contribution in [1.82, 2.24) is 0 Å². The molecule has 1 amide bonds. The predicted molar refractivity (Wildman–Crippen MR) is 88.5 cm³/mol. The number of benzene rings is 2. The van der Waals surface area contributed by atoms with E-state index >= 15 is 0 Å². The minimum atomic E-state index is -3.69. The lowest BCUT2D eigenvalue weighted by Crippen LogP contribution is -2.20. The molecule has 0 saturated carbocycles. The summed E-state index contributed by atoms with van der Waals surface area (Å²) in [5.74, 6) is -0.0375. The van der Waals surface area contributed by atoms with Crippen LogP contribution in [-0.2, 0) is 21.2 Å². The topological polar surface area (TPSA) is 66.5 Å². The molecule has 0 unspecified atom stereocenters. The Labute approximate surface area is 137 Å². The monoisotopic (exact) mass is 380 g/mol. The summed E-state index contributed by atoms with van der Waals surface area (Å²) in [4.78, 5) is 13.4. The average molecular weight is 381 g/mol. The van der Waals surface area contributed by atoms with E-state index in [0.29, 0.717) is 5.69 Å². The van der Waals surface area contributed by atoms with Gasteiger partial charge in [0.15, 0.2) is 0 Å². The number of amides is 1. The number of nitrogens with zero attached hydrogens (tertiary/aromatic N) is 1. The van der Waals surface area contributed by atoms with Gasteiger partial charge in [0.1, 0.15) is 0 Å². The molecule has 0 fully saturated rings. The lowest BCUT2D eigenvalue weighted by molar-refractivity contribution is -0.117. The van der Waals surface area contributed by atoms with Gasteiger partial charge in [-0.3, -0.25) is 9.52 Å². The smallest absolute Gasteiger partial charge is 0.261 e. The normalized spacial score (nSPS) is 14.1. The summed E-state index contributed by atoms with van der Waals surface area (Å²) in [5, 5.41) is 0. The van der Waals surface area contributed by atoms with E-state index in [1.165, 1.54) is 11.0 Å². The van der Waals surface area contributed by atoms with E-state index in [1.54, 1.807) is 37.4 Å². The fourth-order valence-electron chi connectivity index (χ4n) is 2.38. The number of hydrogen-bond donors (Lipinski definition) is 1. The van der Waals surface area contributed by atoms with Crippen LogP contribution >= 0.6 is 15.9 Å². The zero-order valence-electron chi connectivity index (χ0n) is 11.7. The van der Waals surface area contributed by atoms with Gasteiger partial charge in [-0.05, 0) is 42.0 Å². The number of carbonyl (C=O) groups is 1. The molecule has 0 spiro atoms. The van der Waals surface area contributed by atoms with Crippen molar-refractivity contribution in [3.63, 3.8) is 0 Å². The van der Waals surface area contributed by atoms with Gasteiger partial charge >= 0.3 is 0 Å². The van der Waals surface area contributed by atoms with Gasteiger partial charge in [-0.1, -0.05) is 22.0 Å². The third kappa shape index (κ3) is 2.74. The van der Waals surface area contributed by atoms with Gasteiger partial charge in [0, 0.05) is 22.9 Å². The van der Waals surface area contributed by atoms with Crippen LogP contribution in [0.1, 0.15) is 5.56 Å². The molecular formula is C15H13BrN2O3S. The zero-order valence-corrected chi connectivity index (χ0v) is 14.1. The van der Waals surface area contributed by atoms with Gasteiger partial charge in [0.2, 0.25) is 5.91 Å². The van der Waals surface area contributed by atoms with Crippen molar-refractivity contribution in [2.75, 3.05) is 16.7 Å². The number of carbonyl (C=O) groups excluding carboxylic acids is 1. The molecule has 0 radical (unpaired) electrons. The van der Waals surface area contributed by atoms with Crippen LogP contribution in [0, 0.1) is 0 Å². The number of anilines is 2. The maximum atomic E-state index is 12.5. The summed E-state index contributed by atoms with van der Waals surface area (Å²) in [6.07, 6.45) is 0.228. The van der Waals surface area contributed by atoms with Crippen LogP contribution in [0.4, 0.5) is 11.4 Å². The number of nitrogens with one attached hydrogen (secondary N) is 1. The molecule has 1 aliphatic rings. The van der Waals surface area contributed by atoms with E-state index in [4.69, 9.17) is 0 Å². The summed E-state index contributed by atoms with van der Waals surface area (Å²) >= 11 is 3.30. The molecule has 0 aromatic heterocycles. The van der Waals surface area contributed by atoms with Crippen LogP contribution in [0.15, 0.2) is 51.8 Å². The highest BCUT2D eigenvalue weighted by Crippen LogP contribution is 2.30. The van der Waals surface area contributed by atoms with Crippen LogP contribution in [0.25, 0.3) is 0 Å². The minimum absolute atomic E-state index is 0.0375. The number of rotatable bonds is 3. The number of hydrogen-bond acceptors (Lipinski definition) is 3. The number of likely N-dealkylation sites (N-methyl/N-ethyl adjacent to an activating group) is 1. The summed E-state index contributed by atoms with van der Waals surface area (Å²) in [6.45, 7) is 0. The molecule has 3 rings (SSSR count). The molecule has 0 aliphatic carbocycles. The highest BCUT2D eigenvalue weighted by molar-refractivity contribution is 9.10. The minimum Gasteiger partial charge on any atom is -0.315 e. The van der Waals surface area contributed by atoms with E-state index in [2.05, 4.69) is 20.7 Å². The first-order valence-electron chi connectivity index (χ1n) is 6.55. The third-order valence-corrected chi connectivity index (χ3v) is 5.39. The molecule has 1 N–H and O–H groups in total. The fourth-order valence-corrected chi connectivity index (χ4v) is 3.88. The molecule has 1 heterocycles. The zero-order chi connectivity index (χ0) is 15.9. The number of fused-ring (bicyclic) bond motifs is 1. The maximum Gasteiger partial charge on any atom is 0.261 e. The molecule has 7 heteroatoms. The second-order valence-electron chi connectivity index (χ2n) is 5.04. The second-order valence-corrected chi connectivity index (χ2v) is 7.63. The molecule has 0 saturated heterocycles. The third-order valence-electron chi connectivity index (χ3n) is 3.52. The predicted octanol–water partition coefficient (Wildman–Crippen LogP) is 2.77. The molecule has 0 bridgehead atoms. The highest BCUT2D eigenvalue weighted by Gasteiger charge is 2.26. The Bertz CT molecular complexity index is 865. The van der Waals surface area contributed by atoms with Crippen molar-refractivity contribution in [1.29, 1.82) is 0 Å². The number of sulfonamides is 1. The summed E-state index contributed by atoms with van der Waals surface area (Å²) in [5.41, 5.74) is 1.96. The van der Waals surface area contributed by atoms with Gasteiger partial charge in [0.05, 0.1) is 11.3 Å². The van der Waals surface area contributed by atoms with Gasteiger partial charge in [-0.15, -0.1) is 0 Å². The lowest BCUT2D eigenvalue weighted by Gasteiger charge is -2.12. The van der Waals surface area contributed by atoms with Crippen molar-refractivity contribution < 1.29 is 13.2 Å². The first kappa shape index (κ1) is 15.1. The first-order valence-corrected chi connectivity index (χ1v) is 8.82. The molecule has 114 valence electrons. The van der Waals surface area contributed by atoms with Crippen LogP contribution in [0.5, 0.6) is 0 Å². The fraction of sp³-hybridized carbons (Fsp3) is 0.133. The van der Waals surface area contributed by atoms with Crippen LogP contribution in [0.2, 0.25) is 0 Å². The van der Waals surface area contributed by atoms with Gasteiger partial charge in [-0.25, -0.2) is 8.42 Å². The second kappa shape index (κ2) is 5.40. The van der Waals surface area contributed by atoms with Crippen LogP contribution in [0.3, 0.4) is 0 Å². The summed E-state index contributed by atoms with van der Waals surface area (Å²) in [6, 6.07) is 11.6. The van der Waals surface area contributed by atoms with E-state index < -0.39 is 10.0 Å². The molecule has 22 heavy (non-hydrogen) atoms. The van der Waals surface area contributed by atoms with Crippen molar-refractivity contribution in [2.24, 2.45) is 0 Å². The first-order chi connectivity index (χ1) is 10.4. The Balaban J connectivity index is 1.94. The molecule has 2 aromatic carbocycles. The number of halogens is 1. The van der Waals surface area contributed by atoms with Crippen molar-refractivity contribution >= 4 is 43.2 Å². The lowest BCUT2D eigenvalue weighted by atomic mass is 10.2. The Morgan fingerprint density at radius 1 is 1.18 bits per heavy atom. The molecule has 5 nitrogen and oxygen atoms in total. The van der Waals surface area contributed by atoms with E-state index in [9.17, 15) is 13.2 Å². The Morgan fingerprint density at radius 3 is 2.68 bits per heavy atom. The van der Waals surface area contributed by atoms with E-state index in [1.807, 2.05) is 6.07 Å². The molecule has 2 aromatic rings. The van der Waals surface area contributed by atoms with Gasteiger partial charge < -0.3 is 4.90 Å². The van der Waals surface area contributed by atoms with Gasteiger partial charge in [0.25, 0.3) is 10.0 Å².